The number of hydrogen-bond donors (Lipinski definition) is 1. The van der Waals surface area contributed by atoms with Gasteiger partial charge in [-0.1, -0.05) is 56.1 Å². The Kier molecular flexibility index (Phi) is 3.84. The van der Waals surface area contributed by atoms with Crippen LogP contribution in [0.3, 0.4) is 0 Å². The van der Waals surface area contributed by atoms with Gasteiger partial charge in [0.05, 0.1) is 4.83 Å². The summed E-state index contributed by atoms with van der Waals surface area (Å²) in [5.41, 5.74) is 0.833. The standard InChI is InChI=1S/C13H11Br2NO/c1-8(14)13(17)16-12-7-6-11(15)9-4-2-3-5-10(9)12/h2-8H,1H3,(H,16,17). The second-order valence-corrected chi connectivity index (χ2v) is 5.97. The number of rotatable bonds is 2. The fourth-order valence-electron chi connectivity index (χ4n) is 1.60. The van der Waals surface area contributed by atoms with Gasteiger partial charge >= 0.3 is 0 Å². The number of halogens is 2. The van der Waals surface area contributed by atoms with Crippen molar-refractivity contribution in [2.24, 2.45) is 0 Å². The van der Waals surface area contributed by atoms with E-state index in [9.17, 15) is 4.79 Å². The van der Waals surface area contributed by atoms with E-state index < -0.39 is 0 Å². The molecule has 0 aliphatic heterocycles. The number of carbonyl (C=O) groups excluding carboxylic acids is 1. The summed E-state index contributed by atoms with van der Waals surface area (Å²) in [5.74, 6) is -0.0440. The zero-order chi connectivity index (χ0) is 12.4. The van der Waals surface area contributed by atoms with Gasteiger partial charge in [0, 0.05) is 15.5 Å². The Labute approximate surface area is 117 Å². The van der Waals surface area contributed by atoms with Crippen molar-refractivity contribution in [3.63, 3.8) is 0 Å². The molecule has 1 atom stereocenters. The third kappa shape index (κ3) is 2.69. The molecule has 0 radical (unpaired) electrons. The first kappa shape index (κ1) is 12.6. The number of hydrogen-bond acceptors (Lipinski definition) is 1. The molecule has 0 heterocycles. The molecule has 0 saturated heterocycles. The Morgan fingerprint density at radius 2 is 1.82 bits per heavy atom. The molecular weight excluding hydrogens is 346 g/mol. The topological polar surface area (TPSA) is 29.1 Å². The number of benzene rings is 2. The third-order valence-corrected chi connectivity index (χ3v) is 3.60. The molecule has 0 aromatic heterocycles. The first-order valence-corrected chi connectivity index (χ1v) is 6.92. The van der Waals surface area contributed by atoms with Crippen molar-refractivity contribution in [2.45, 2.75) is 11.8 Å². The first-order chi connectivity index (χ1) is 8.09. The molecule has 17 heavy (non-hydrogen) atoms. The molecule has 2 nitrogen and oxygen atoms in total. The van der Waals surface area contributed by atoms with Crippen molar-refractivity contribution in [3.8, 4) is 0 Å². The molecule has 0 aliphatic rings. The highest BCUT2D eigenvalue weighted by Crippen LogP contribution is 2.30. The van der Waals surface area contributed by atoms with E-state index in [0.29, 0.717) is 0 Å². The van der Waals surface area contributed by atoms with Crippen LogP contribution in [0.5, 0.6) is 0 Å². The molecule has 2 aromatic carbocycles. The third-order valence-electron chi connectivity index (χ3n) is 2.49. The summed E-state index contributed by atoms with van der Waals surface area (Å²) in [6, 6.07) is 11.8. The number of nitrogens with one attached hydrogen (secondary N) is 1. The summed E-state index contributed by atoms with van der Waals surface area (Å²) < 4.78 is 1.03. The molecule has 1 amide bonds. The van der Waals surface area contributed by atoms with Crippen LogP contribution in [-0.4, -0.2) is 10.7 Å². The molecule has 0 fully saturated rings. The van der Waals surface area contributed by atoms with Crippen LogP contribution in [0.25, 0.3) is 10.8 Å². The van der Waals surface area contributed by atoms with E-state index in [2.05, 4.69) is 37.2 Å². The van der Waals surface area contributed by atoms with Gasteiger partial charge in [0.25, 0.3) is 0 Å². The molecular formula is C13H11Br2NO. The Balaban J connectivity index is 2.48. The summed E-state index contributed by atoms with van der Waals surface area (Å²) in [6.45, 7) is 1.80. The van der Waals surface area contributed by atoms with Gasteiger partial charge in [-0.3, -0.25) is 4.79 Å². The average molecular weight is 357 g/mol. The molecule has 1 N–H and O–H groups in total. The zero-order valence-corrected chi connectivity index (χ0v) is 12.4. The molecule has 0 bridgehead atoms. The molecule has 0 saturated carbocycles. The number of amides is 1. The van der Waals surface area contributed by atoms with Crippen LogP contribution in [0.2, 0.25) is 0 Å². The van der Waals surface area contributed by atoms with Gasteiger partial charge < -0.3 is 5.32 Å². The van der Waals surface area contributed by atoms with E-state index in [1.807, 2.05) is 36.4 Å². The lowest BCUT2D eigenvalue weighted by Crippen LogP contribution is -2.19. The highest BCUT2D eigenvalue weighted by Gasteiger charge is 2.11. The minimum atomic E-state index is -0.204. The van der Waals surface area contributed by atoms with Crippen molar-refractivity contribution in [1.82, 2.24) is 0 Å². The molecule has 0 spiro atoms. The Morgan fingerprint density at radius 3 is 2.47 bits per heavy atom. The quantitative estimate of drug-likeness (QED) is 0.797. The fourth-order valence-corrected chi connectivity index (χ4v) is 2.20. The Morgan fingerprint density at radius 1 is 1.18 bits per heavy atom. The highest BCUT2D eigenvalue weighted by atomic mass is 79.9. The predicted molar refractivity (Wildman–Crippen MR) is 78.7 cm³/mol. The van der Waals surface area contributed by atoms with E-state index in [1.54, 1.807) is 6.92 Å². The molecule has 4 heteroatoms. The second kappa shape index (κ2) is 5.19. The average Bonchev–Trinajstić information content (AvgIpc) is 2.33. The van der Waals surface area contributed by atoms with Crippen LogP contribution >= 0.6 is 31.9 Å². The molecule has 88 valence electrons. The fraction of sp³-hybridized carbons (Fsp3) is 0.154. The minimum absolute atomic E-state index is 0.0440. The number of anilines is 1. The van der Waals surface area contributed by atoms with Crippen LogP contribution in [0.1, 0.15) is 6.92 Å². The lowest BCUT2D eigenvalue weighted by atomic mass is 10.1. The largest absolute Gasteiger partial charge is 0.325 e. The summed E-state index contributed by atoms with van der Waals surface area (Å²) >= 11 is 6.76. The highest BCUT2D eigenvalue weighted by molar-refractivity contribution is 9.10. The minimum Gasteiger partial charge on any atom is -0.325 e. The second-order valence-electron chi connectivity index (χ2n) is 3.75. The van der Waals surface area contributed by atoms with E-state index in [0.717, 1.165) is 20.9 Å². The molecule has 2 rings (SSSR count). The summed E-state index contributed by atoms with van der Waals surface area (Å²) in [4.78, 5) is 11.5. The number of fused-ring (bicyclic) bond motifs is 1. The monoisotopic (exact) mass is 355 g/mol. The van der Waals surface area contributed by atoms with E-state index >= 15 is 0 Å². The molecule has 1 unspecified atom stereocenters. The smallest absolute Gasteiger partial charge is 0.237 e. The molecule has 0 aliphatic carbocycles. The zero-order valence-electron chi connectivity index (χ0n) is 9.21. The van der Waals surface area contributed by atoms with Crippen LogP contribution < -0.4 is 5.32 Å². The van der Waals surface area contributed by atoms with Crippen molar-refractivity contribution in [1.29, 1.82) is 0 Å². The Bertz CT molecular complexity index is 566. The lowest BCUT2D eigenvalue weighted by Gasteiger charge is -2.10. The maximum atomic E-state index is 11.7. The van der Waals surface area contributed by atoms with Gasteiger partial charge in [-0.25, -0.2) is 0 Å². The SMILES string of the molecule is CC(Br)C(=O)Nc1ccc(Br)c2ccccc12. The maximum Gasteiger partial charge on any atom is 0.237 e. The molecule has 2 aromatic rings. The maximum absolute atomic E-state index is 11.7. The number of alkyl halides is 1. The lowest BCUT2D eigenvalue weighted by molar-refractivity contribution is -0.115. The van der Waals surface area contributed by atoms with Crippen molar-refractivity contribution in [2.75, 3.05) is 5.32 Å². The summed E-state index contributed by atoms with van der Waals surface area (Å²) in [7, 11) is 0. The van der Waals surface area contributed by atoms with Gasteiger partial charge in [-0.2, -0.15) is 0 Å². The van der Waals surface area contributed by atoms with Gasteiger partial charge in [0.2, 0.25) is 5.91 Å². The Hall–Kier alpha value is -0.870. The van der Waals surface area contributed by atoms with Crippen molar-refractivity contribution < 1.29 is 4.79 Å². The van der Waals surface area contributed by atoms with E-state index in [1.165, 1.54) is 0 Å². The van der Waals surface area contributed by atoms with Crippen molar-refractivity contribution in [3.05, 3.63) is 40.9 Å². The summed E-state index contributed by atoms with van der Waals surface area (Å²) in [5, 5.41) is 5.03. The van der Waals surface area contributed by atoms with Crippen LogP contribution in [0.4, 0.5) is 5.69 Å². The van der Waals surface area contributed by atoms with Gasteiger partial charge in [0.15, 0.2) is 0 Å². The van der Waals surface area contributed by atoms with E-state index in [-0.39, 0.29) is 10.7 Å². The van der Waals surface area contributed by atoms with Gasteiger partial charge in [-0.05, 0) is 24.4 Å². The summed E-state index contributed by atoms with van der Waals surface area (Å²) in [6.07, 6.45) is 0. The normalized spacial score (nSPS) is 12.4. The van der Waals surface area contributed by atoms with Gasteiger partial charge in [-0.15, -0.1) is 0 Å². The van der Waals surface area contributed by atoms with Gasteiger partial charge in [0.1, 0.15) is 0 Å². The van der Waals surface area contributed by atoms with Crippen LogP contribution in [0.15, 0.2) is 40.9 Å². The van der Waals surface area contributed by atoms with Crippen molar-refractivity contribution >= 4 is 54.2 Å². The van der Waals surface area contributed by atoms with Crippen LogP contribution in [-0.2, 0) is 4.79 Å². The first-order valence-electron chi connectivity index (χ1n) is 5.22. The van der Waals surface area contributed by atoms with Crippen LogP contribution in [0, 0.1) is 0 Å². The predicted octanol–water partition coefficient (Wildman–Crippen LogP) is 4.32. The van der Waals surface area contributed by atoms with E-state index in [4.69, 9.17) is 0 Å². The number of carbonyl (C=O) groups is 1.